The van der Waals surface area contributed by atoms with Gasteiger partial charge in [-0.2, -0.15) is 0 Å². The summed E-state index contributed by atoms with van der Waals surface area (Å²) < 4.78 is 10.8. The number of nitrogens with one attached hydrogen (secondary N) is 1. The Labute approximate surface area is 206 Å². The second-order valence-corrected chi connectivity index (χ2v) is 8.81. The van der Waals surface area contributed by atoms with Crippen LogP contribution >= 0.6 is 0 Å². The predicted molar refractivity (Wildman–Crippen MR) is 137 cm³/mol. The van der Waals surface area contributed by atoms with Crippen molar-refractivity contribution in [3.63, 3.8) is 0 Å². The van der Waals surface area contributed by atoms with Crippen LogP contribution in [0.1, 0.15) is 46.4 Å². The van der Waals surface area contributed by atoms with E-state index in [1.165, 1.54) is 0 Å². The molecule has 0 amide bonds. The number of hydrogen-bond acceptors (Lipinski definition) is 6. The van der Waals surface area contributed by atoms with Gasteiger partial charge in [-0.1, -0.05) is 60.6 Å². The molecule has 1 aliphatic heterocycles. The quantitative estimate of drug-likeness (QED) is 0.199. The third kappa shape index (κ3) is 7.24. The third-order valence-electron chi connectivity index (χ3n) is 6.10. The fourth-order valence-electron chi connectivity index (χ4n) is 4.13. The van der Waals surface area contributed by atoms with E-state index in [0.717, 1.165) is 50.5 Å². The van der Waals surface area contributed by atoms with E-state index < -0.39 is 0 Å². The summed E-state index contributed by atoms with van der Waals surface area (Å²) in [5.41, 5.74) is 9.25. The maximum Gasteiger partial charge on any atom is 0.231 e. The number of guanidine groups is 1. The van der Waals surface area contributed by atoms with E-state index in [1.807, 2.05) is 60.7 Å². The van der Waals surface area contributed by atoms with Gasteiger partial charge in [0, 0.05) is 43.4 Å². The number of rotatable bonds is 10. The summed E-state index contributed by atoms with van der Waals surface area (Å²) in [5, 5.41) is 7.14. The van der Waals surface area contributed by atoms with Gasteiger partial charge in [-0.05, 0) is 30.4 Å². The first kappa shape index (κ1) is 24.6. The monoisotopic (exact) mass is 475 g/mol. The van der Waals surface area contributed by atoms with Crippen molar-refractivity contribution in [1.82, 2.24) is 10.1 Å². The summed E-state index contributed by atoms with van der Waals surface area (Å²) in [6.45, 7) is 7.30. The van der Waals surface area contributed by atoms with Crippen LogP contribution in [0.15, 0.2) is 70.2 Å². The molecule has 4 rings (SSSR count). The van der Waals surface area contributed by atoms with Crippen molar-refractivity contribution in [2.24, 2.45) is 10.7 Å². The summed E-state index contributed by atoms with van der Waals surface area (Å²) in [6, 6.07) is 18.9. The summed E-state index contributed by atoms with van der Waals surface area (Å²) in [4.78, 5) is 19.5. The van der Waals surface area contributed by atoms with Crippen LogP contribution in [0.4, 0.5) is 5.88 Å². The maximum atomic E-state index is 12.8. The van der Waals surface area contributed by atoms with Crippen LogP contribution in [0.2, 0.25) is 0 Å². The SMILES string of the molecule is CC(Cc1cc(NC(N)=NCCCN2CCOCC2)on1)c1cccc(C(=O)c2ccccc2)c1. The van der Waals surface area contributed by atoms with Gasteiger partial charge in [-0.3, -0.25) is 20.0 Å². The van der Waals surface area contributed by atoms with Crippen LogP contribution in [0.3, 0.4) is 0 Å². The Kier molecular flexibility index (Phi) is 8.64. The predicted octanol–water partition coefficient (Wildman–Crippen LogP) is 3.70. The van der Waals surface area contributed by atoms with E-state index >= 15 is 0 Å². The number of morpholine rings is 1. The minimum Gasteiger partial charge on any atom is -0.379 e. The number of ether oxygens (including phenoxy) is 1. The van der Waals surface area contributed by atoms with Crippen molar-refractivity contribution in [3.8, 4) is 0 Å². The van der Waals surface area contributed by atoms with Crippen molar-refractivity contribution in [2.45, 2.75) is 25.7 Å². The van der Waals surface area contributed by atoms with Gasteiger partial charge in [0.1, 0.15) is 0 Å². The zero-order valence-electron chi connectivity index (χ0n) is 20.2. The Morgan fingerprint density at radius 1 is 1.11 bits per heavy atom. The first-order valence-electron chi connectivity index (χ1n) is 12.1. The number of nitrogens with zero attached hydrogens (tertiary/aromatic N) is 3. The fraction of sp³-hybridized carbons (Fsp3) is 0.370. The van der Waals surface area contributed by atoms with Gasteiger partial charge in [0.05, 0.1) is 18.9 Å². The molecule has 3 N–H and O–H groups in total. The van der Waals surface area contributed by atoms with Crippen molar-refractivity contribution in [3.05, 3.63) is 83.0 Å². The molecule has 184 valence electrons. The molecular weight excluding hydrogens is 442 g/mol. The highest BCUT2D eigenvalue weighted by Crippen LogP contribution is 2.23. The van der Waals surface area contributed by atoms with E-state index in [-0.39, 0.29) is 11.7 Å². The zero-order valence-corrected chi connectivity index (χ0v) is 20.2. The summed E-state index contributed by atoms with van der Waals surface area (Å²) in [5.74, 6) is 0.958. The number of hydrogen-bond donors (Lipinski definition) is 2. The first-order chi connectivity index (χ1) is 17.1. The number of ketones is 1. The highest BCUT2D eigenvalue weighted by Gasteiger charge is 2.15. The van der Waals surface area contributed by atoms with Crippen molar-refractivity contribution >= 4 is 17.6 Å². The Morgan fingerprint density at radius 2 is 1.89 bits per heavy atom. The molecule has 8 nitrogen and oxygen atoms in total. The number of aliphatic imine (C=N–C) groups is 1. The van der Waals surface area contributed by atoms with Crippen molar-refractivity contribution in [2.75, 3.05) is 44.7 Å². The first-order valence-corrected chi connectivity index (χ1v) is 12.1. The van der Waals surface area contributed by atoms with Crippen LogP contribution in [0, 0.1) is 0 Å². The summed E-state index contributed by atoms with van der Waals surface area (Å²) >= 11 is 0. The minimum atomic E-state index is 0.0206. The zero-order chi connectivity index (χ0) is 24.5. The fourth-order valence-corrected chi connectivity index (χ4v) is 4.13. The topological polar surface area (TPSA) is 106 Å². The molecule has 0 spiro atoms. The summed E-state index contributed by atoms with van der Waals surface area (Å²) in [7, 11) is 0. The Hall–Kier alpha value is -3.49. The highest BCUT2D eigenvalue weighted by molar-refractivity contribution is 6.09. The maximum absolute atomic E-state index is 12.8. The molecule has 0 saturated carbocycles. The summed E-state index contributed by atoms with van der Waals surface area (Å²) in [6.07, 6.45) is 1.61. The number of benzene rings is 2. The molecule has 1 unspecified atom stereocenters. The molecule has 1 aromatic heterocycles. The molecule has 0 bridgehead atoms. The average molecular weight is 476 g/mol. The lowest BCUT2D eigenvalue weighted by atomic mass is 9.93. The largest absolute Gasteiger partial charge is 0.379 e. The number of nitrogens with two attached hydrogens (primary N) is 1. The van der Waals surface area contributed by atoms with E-state index in [4.69, 9.17) is 15.0 Å². The molecule has 2 aromatic carbocycles. The molecule has 0 aliphatic carbocycles. The average Bonchev–Trinajstić information content (AvgIpc) is 3.33. The lowest BCUT2D eigenvalue weighted by Crippen LogP contribution is -2.37. The molecule has 1 aliphatic rings. The van der Waals surface area contributed by atoms with Gasteiger partial charge in [-0.25, -0.2) is 0 Å². The Balaban J connectivity index is 1.28. The Morgan fingerprint density at radius 3 is 2.69 bits per heavy atom. The van der Waals surface area contributed by atoms with Gasteiger partial charge in [0.15, 0.2) is 11.7 Å². The normalized spacial score (nSPS) is 15.6. The van der Waals surface area contributed by atoms with Crippen molar-refractivity contribution in [1.29, 1.82) is 0 Å². The van der Waals surface area contributed by atoms with Crippen LogP contribution in [-0.4, -0.2) is 61.2 Å². The molecule has 8 heteroatoms. The molecular formula is C27H33N5O3. The van der Waals surface area contributed by atoms with Gasteiger partial charge in [-0.15, -0.1) is 0 Å². The second kappa shape index (κ2) is 12.3. The lowest BCUT2D eigenvalue weighted by Gasteiger charge is -2.26. The van der Waals surface area contributed by atoms with E-state index in [1.54, 1.807) is 0 Å². The standard InChI is InChI=1S/C27H33N5O3/c1-20(22-9-5-10-23(18-22)26(33)21-7-3-2-4-8-21)17-24-19-25(35-31-24)30-27(28)29-11-6-12-32-13-15-34-16-14-32/h2-5,7-10,18-20H,6,11-17H2,1H3,(H3,28,29,30). The van der Waals surface area contributed by atoms with Crippen LogP contribution in [-0.2, 0) is 11.2 Å². The third-order valence-corrected chi connectivity index (χ3v) is 6.10. The smallest absolute Gasteiger partial charge is 0.231 e. The number of carbonyl (C=O) groups excluding carboxylic acids is 1. The Bertz CT molecular complexity index is 1120. The van der Waals surface area contributed by atoms with E-state index in [0.29, 0.717) is 35.9 Å². The minimum absolute atomic E-state index is 0.0206. The van der Waals surface area contributed by atoms with Crippen molar-refractivity contribution < 1.29 is 14.1 Å². The molecule has 2 heterocycles. The molecule has 35 heavy (non-hydrogen) atoms. The van der Waals surface area contributed by atoms with Crippen LogP contribution < -0.4 is 11.1 Å². The molecule has 0 radical (unpaired) electrons. The van der Waals surface area contributed by atoms with Gasteiger partial charge < -0.3 is 15.0 Å². The number of aromatic nitrogens is 1. The van der Waals surface area contributed by atoms with Gasteiger partial charge in [0.25, 0.3) is 0 Å². The second-order valence-electron chi connectivity index (χ2n) is 8.81. The molecule has 3 aromatic rings. The molecule has 1 atom stereocenters. The number of carbonyl (C=O) groups is 1. The molecule has 1 saturated heterocycles. The molecule has 1 fully saturated rings. The number of anilines is 1. The lowest BCUT2D eigenvalue weighted by molar-refractivity contribution is 0.0377. The van der Waals surface area contributed by atoms with E-state index in [2.05, 4.69) is 27.3 Å². The van der Waals surface area contributed by atoms with Gasteiger partial charge in [0.2, 0.25) is 5.88 Å². The van der Waals surface area contributed by atoms with E-state index in [9.17, 15) is 4.79 Å². The van der Waals surface area contributed by atoms with Gasteiger partial charge >= 0.3 is 0 Å². The highest BCUT2D eigenvalue weighted by atomic mass is 16.5. The van der Waals surface area contributed by atoms with Crippen LogP contribution in [0.25, 0.3) is 0 Å². The van der Waals surface area contributed by atoms with Crippen LogP contribution in [0.5, 0.6) is 0 Å².